The smallest absolute Gasteiger partial charge is 0.336 e. The number of aromatic nitrogens is 3. The molecule has 0 bridgehead atoms. The third kappa shape index (κ3) is 6.53. The van der Waals surface area contributed by atoms with Crippen LogP contribution >= 0.6 is 0 Å². The highest BCUT2D eigenvalue weighted by molar-refractivity contribution is 5.97. The lowest BCUT2D eigenvalue weighted by Gasteiger charge is -2.19. The highest BCUT2D eigenvalue weighted by Crippen LogP contribution is 2.27. The van der Waals surface area contributed by atoms with Gasteiger partial charge in [-0.15, -0.1) is 5.10 Å². The number of aryl methyl sites for hydroxylation is 1. The average Bonchev–Trinajstić information content (AvgIpc) is 3.24. The summed E-state index contributed by atoms with van der Waals surface area (Å²) in [6, 6.07) is 16.3. The summed E-state index contributed by atoms with van der Waals surface area (Å²) in [6.45, 7) is 11.3. The van der Waals surface area contributed by atoms with E-state index in [0.717, 1.165) is 18.4 Å². The minimum Gasteiger partial charge on any atom is -0.462 e. The van der Waals surface area contributed by atoms with E-state index < -0.39 is 0 Å². The van der Waals surface area contributed by atoms with Gasteiger partial charge in [0.05, 0.1) is 6.61 Å². The Balaban J connectivity index is 1.86. The van der Waals surface area contributed by atoms with Crippen LogP contribution in [0.4, 0.5) is 0 Å². The molecule has 0 spiro atoms. The van der Waals surface area contributed by atoms with Gasteiger partial charge in [-0.3, -0.25) is 4.79 Å². The fraction of sp³-hybridized carbons (Fsp3) is 0.464. The van der Waals surface area contributed by atoms with E-state index in [1.807, 2.05) is 43.3 Å². The molecule has 0 aliphatic rings. The molecule has 0 saturated heterocycles. The van der Waals surface area contributed by atoms with Crippen LogP contribution in [0.25, 0.3) is 11.4 Å². The maximum Gasteiger partial charge on any atom is 0.336 e. The van der Waals surface area contributed by atoms with Crippen molar-refractivity contribution in [3.8, 4) is 17.4 Å². The lowest BCUT2D eigenvalue weighted by molar-refractivity contribution is 0.0944. The molecule has 5 heteroatoms. The SMILES string of the molecule is CCCCCCc1ccc(C(=O)n2nc(OCCC)nc2-c2ccc(C(C)(C)C)cc2)cc1. The zero-order valence-electron chi connectivity index (χ0n) is 20.7. The van der Waals surface area contributed by atoms with E-state index in [2.05, 4.69) is 49.9 Å². The van der Waals surface area contributed by atoms with Crippen molar-refractivity contribution in [3.63, 3.8) is 0 Å². The van der Waals surface area contributed by atoms with E-state index >= 15 is 0 Å². The van der Waals surface area contributed by atoms with E-state index in [1.54, 1.807) is 0 Å². The van der Waals surface area contributed by atoms with Gasteiger partial charge in [0.25, 0.3) is 5.91 Å². The van der Waals surface area contributed by atoms with Crippen LogP contribution in [0.2, 0.25) is 0 Å². The maximum absolute atomic E-state index is 13.4. The molecule has 0 aliphatic carbocycles. The molecule has 1 aromatic heterocycles. The molecule has 0 atom stereocenters. The zero-order valence-corrected chi connectivity index (χ0v) is 20.7. The summed E-state index contributed by atoms with van der Waals surface area (Å²) in [5.74, 6) is 0.288. The van der Waals surface area contributed by atoms with E-state index in [0.29, 0.717) is 18.0 Å². The van der Waals surface area contributed by atoms with Gasteiger partial charge in [-0.1, -0.05) is 90.3 Å². The van der Waals surface area contributed by atoms with Gasteiger partial charge in [-0.25, -0.2) is 0 Å². The first-order valence-electron chi connectivity index (χ1n) is 12.2. The molecule has 0 saturated carbocycles. The number of benzene rings is 2. The Morgan fingerprint density at radius 3 is 2.21 bits per heavy atom. The Morgan fingerprint density at radius 1 is 0.909 bits per heavy atom. The first-order chi connectivity index (χ1) is 15.8. The largest absolute Gasteiger partial charge is 0.462 e. The van der Waals surface area contributed by atoms with E-state index in [-0.39, 0.29) is 17.3 Å². The number of carbonyl (C=O) groups excluding carboxylic acids is 1. The maximum atomic E-state index is 13.4. The fourth-order valence-electron chi connectivity index (χ4n) is 3.69. The van der Waals surface area contributed by atoms with Crippen molar-refractivity contribution in [1.82, 2.24) is 14.8 Å². The van der Waals surface area contributed by atoms with Gasteiger partial charge in [0.2, 0.25) is 0 Å². The zero-order chi connectivity index (χ0) is 23.8. The quantitative estimate of drug-likeness (QED) is 0.319. The van der Waals surface area contributed by atoms with Gasteiger partial charge in [-0.2, -0.15) is 9.67 Å². The summed E-state index contributed by atoms with van der Waals surface area (Å²) in [4.78, 5) is 17.9. The molecule has 0 fully saturated rings. The van der Waals surface area contributed by atoms with Crippen molar-refractivity contribution in [2.24, 2.45) is 0 Å². The number of hydrogen-bond acceptors (Lipinski definition) is 4. The van der Waals surface area contributed by atoms with Crippen LogP contribution in [0.15, 0.2) is 48.5 Å². The normalized spacial score (nSPS) is 11.5. The van der Waals surface area contributed by atoms with Crippen LogP contribution in [0, 0.1) is 0 Å². The molecular formula is C28H37N3O2. The van der Waals surface area contributed by atoms with Crippen LogP contribution in [0.3, 0.4) is 0 Å². The van der Waals surface area contributed by atoms with E-state index in [9.17, 15) is 4.79 Å². The summed E-state index contributed by atoms with van der Waals surface area (Å²) in [5.41, 5.74) is 3.96. The third-order valence-corrected chi connectivity index (χ3v) is 5.74. The monoisotopic (exact) mass is 447 g/mol. The molecule has 2 aromatic carbocycles. The standard InChI is InChI=1S/C28H37N3O2/c1-6-8-9-10-11-21-12-14-23(15-13-21)26(32)31-25(29-27(30-31)33-20-7-2)22-16-18-24(19-17-22)28(3,4)5/h12-19H,6-11,20H2,1-5H3. The lowest BCUT2D eigenvalue weighted by Crippen LogP contribution is -2.15. The van der Waals surface area contributed by atoms with Gasteiger partial charge in [-0.05, 0) is 47.9 Å². The minimum atomic E-state index is -0.207. The number of hydrogen-bond donors (Lipinski definition) is 0. The van der Waals surface area contributed by atoms with Gasteiger partial charge >= 0.3 is 6.01 Å². The number of ether oxygens (including phenoxy) is 1. The molecule has 33 heavy (non-hydrogen) atoms. The summed E-state index contributed by atoms with van der Waals surface area (Å²) in [6.07, 6.45) is 6.81. The second-order valence-electron chi connectivity index (χ2n) is 9.62. The van der Waals surface area contributed by atoms with Gasteiger partial charge in [0, 0.05) is 11.1 Å². The van der Waals surface area contributed by atoms with Crippen molar-refractivity contribution in [1.29, 1.82) is 0 Å². The summed E-state index contributed by atoms with van der Waals surface area (Å²) >= 11 is 0. The molecule has 3 aromatic rings. The number of rotatable bonds is 10. The Morgan fingerprint density at radius 2 is 1.61 bits per heavy atom. The molecule has 0 unspecified atom stereocenters. The molecular weight excluding hydrogens is 410 g/mol. The van der Waals surface area contributed by atoms with Crippen LogP contribution < -0.4 is 4.74 Å². The Labute approximate surface area is 198 Å². The second kappa shape index (κ2) is 11.3. The van der Waals surface area contributed by atoms with Crippen molar-refractivity contribution < 1.29 is 9.53 Å². The van der Waals surface area contributed by atoms with Gasteiger partial charge < -0.3 is 4.74 Å². The number of carbonyl (C=O) groups is 1. The van der Waals surface area contributed by atoms with Crippen molar-refractivity contribution in [3.05, 3.63) is 65.2 Å². The van der Waals surface area contributed by atoms with Crippen molar-refractivity contribution in [2.75, 3.05) is 6.61 Å². The third-order valence-electron chi connectivity index (χ3n) is 5.74. The summed E-state index contributed by atoms with van der Waals surface area (Å²) < 4.78 is 7.02. The molecule has 176 valence electrons. The van der Waals surface area contributed by atoms with E-state index in [4.69, 9.17) is 4.74 Å². The highest BCUT2D eigenvalue weighted by atomic mass is 16.5. The molecule has 0 N–H and O–H groups in total. The molecule has 0 amide bonds. The molecule has 0 aliphatic heterocycles. The fourth-order valence-corrected chi connectivity index (χ4v) is 3.69. The first kappa shape index (κ1) is 24.7. The van der Waals surface area contributed by atoms with Crippen molar-refractivity contribution in [2.45, 2.75) is 78.6 Å². The Kier molecular flexibility index (Phi) is 8.43. The predicted octanol–water partition coefficient (Wildman–Crippen LogP) is 6.84. The summed E-state index contributed by atoms with van der Waals surface area (Å²) in [7, 11) is 0. The average molecular weight is 448 g/mol. The Hall–Kier alpha value is -2.95. The van der Waals surface area contributed by atoms with Crippen LogP contribution in [-0.2, 0) is 11.8 Å². The highest BCUT2D eigenvalue weighted by Gasteiger charge is 2.21. The molecule has 3 rings (SSSR count). The molecule has 1 heterocycles. The number of unbranched alkanes of at least 4 members (excludes halogenated alkanes) is 3. The molecule has 5 nitrogen and oxygen atoms in total. The van der Waals surface area contributed by atoms with E-state index in [1.165, 1.54) is 41.5 Å². The first-order valence-corrected chi connectivity index (χ1v) is 12.2. The van der Waals surface area contributed by atoms with Crippen LogP contribution in [0.5, 0.6) is 6.01 Å². The van der Waals surface area contributed by atoms with Crippen LogP contribution in [-0.4, -0.2) is 27.3 Å². The predicted molar refractivity (Wildman–Crippen MR) is 134 cm³/mol. The Bertz CT molecular complexity index is 1030. The minimum absolute atomic E-state index is 0.0513. The van der Waals surface area contributed by atoms with Crippen LogP contribution in [0.1, 0.15) is 88.2 Å². The summed E-state index contributed by atoms with van der Waals surface area (Å²) in [5, 5.41) is 4.40. The lowest BCUT2D eigenvalue weighted by atomic mass is 9.87. The van der Waals surface area contributed by atoms with Gasteiger partial charge in [0.1, 0.15) is 0 Å². The number of nitrogens with zero attached hydrogens (tertiary/aromatic N) is 3. The second-order valence-corrected chi connectivity index (χ2v) is 9.62. The van der Waals surface area contributed by atoms with Gasteiger partial charge in [0.15, 0.2) is 5.82 Å². The van der Waals surface area contributed by atoms with Crippen molar-refractivity contribution >= 4 is 5.91 Å². The topological polar surface area (TPSA) is 57.0 Å². The molecule has 0 radical (unpaired) electrons.